The fraction of sp³-hybridized carbons (Fsp3) is 0.500. The van der Waals surface area contributed by atoms with Crippen LogP contribution in [0.4, 0.5) is 5.95 Å². The minimum Gasteiger partial charge on any atom is -0.392 e. The van der Waals surface area contributed by atoms with Gasteiger partial charge in [-0.15, -0.1) is 0 Å². The van der Waals surface area contributed by atoms with E-state index in [9.17, 15) is 5.11 Å². The molecule has 0 bridgehead atoms. The van der Waals surface area contributed by atoms with E-state index in [-0.39, 0.29) is 12.7 Å². The number of hydrogen-bond donors (Lipinski definition) is 3. The van der Waals surface area contributed by atoms with Crippen LogP contribution in [0.3, 0.4) is 0 Å². The highest BCUT2D eigenvalue weighted by atomic mass is 16.7. The Kier molecular flexibility index (Phi) is 4.34. The first-order valence-electron chi connectivity index (χ1n) is 7.67. The summed E-state index contributed by atoms with van der Waals surface area (Å²) in [5.74, 6) is 0.143. The van der Waals surface area contributed by atoms with Gasteiger partial charge in [-0.25, -0.2) is 4.98 Å². The molecule has 7 heteroatoms. The highest BCUT2D eigenvalue weighted by Gasteiger charge is 2.32. The number of nitrogens with one attached hydrogen (secondary N) is 2. The molecule has 2 heterocycles. The van der Waals surface area contributed by atoms with Crippen molar-refractivity contribution in [3.8, 4) is 0 Å². The van der Waals surface area contributed by atoms with E-state index in [0.29, 0.717) is 25.6 Å². The second kappa shape index (κ2) is 6.27. The Balaban J connectivity index is 1.81. The largest absolute Gasteiger partial charge is 0.392 e. The van der Waals surface area contributed by atoms with Crippen LogP contribution in [0.5, 0.6) is 0 Å². The Hall–Kier alpha value is -1.96. The van der Waals surface area contributed by atoms with E-state index < -0.39 is 5.79 Å². The molecule has 2 aromatic rings. The molecule has 0 aliphatic carbocycles. The summed E-state index contributed by atoms with van der Waals surface area (Å²) >= 11 is 0. The van der Waals surface area contributed by atoms with Crippen molar-refractivity contribution in [2.45, 2.75) is 38.9 Å². The van der Waals surface area contributed by atoms with Crippen molar-refractivity contribution in [3.05, 3.63) is 23.8 Å². The molecule has 0 spiro atoms. The fourth-order valence-electron chi connectivity index (χ4n) is 2.75. The molecular formula is C16H22N4O3. The number of benzene rings is 1. The number of aliphatic hydroxyl groups is 1. The maximum Gasteiger partial charge on any atom is 0.204 e. The lowest BCUT2D eigenvalue weighted by Crippen LogP contribution is -2.26. The molecular weight excluding hydrogens is 296 g/mol. The van der Waals surface area contributed by atoms with Crippen molar-refractivity contribution < 1.29 is 14.6 Å². The van der Waals surface area contributed by atoms with Gasteiger partial charge >= 0.3 is 0 Å². The van der Waals surface area contributed by atoms with Crippen LogP contribution in [-0.2, 0) is 22.6 Å². The minimum absolute atomic E-state index is 0.0154. The average molecular weight is 318 g/mol. The summed E-state index contributed by atoms with van der Waals surface area (Å²) in [6.45, 7) is 5.34. The average Bonchev–Trinajstić information content (AvgIpc) is 3.05. The third-order valence-corrected chi connectivity index (χ3v) is 3.82. The quantitative estimate of drug-likeness (QED) is 0.706. The highest BCUT2D eigenvalue weighted by Crippen LogP contribution is 2.24. The van der Waals surface area contributed by atoms with E-state index in [4.69, 9.17) is 14.9 Å². The lowest BCUT2D eigenvalue weighted by molar-refractivity contribution is -0.136. The van der Waals surface area contributed by atoms with Crippen LogP contribution in [0.15, 0.2) is 18.2 Å². The number of nitrogens with zero attached hydrogens (tertiary/aromatic N) is 2. The van der Waals surface area contributed by atoms with Crippen LogP contribution in [0.25, 0.3) is 11.0 Å². The molecule has 124 valence electrons. The summed E-state index contributed by atoms with van der Waals surface area (Å²) in [6, 6.07) is 5.64. The highest BCUT2D eigenvalue weighted by molar-refractivity contribution is 5.80. The first-order valence-corrected chi connectivity index (χ1v) is 7.67. The van der Waals surface area contributed by atoms with Crippen molar-refractivity contribution in [3.63, 3.8) is 0 Å². The molecule has 0 radical (unpaired) electrons. The number of aliphatic hydroxyl groups excluding tert-OH is 1. The van der Waals surface area contributed by atoms with Gasteiger partial charge in [0.1, 0.15) is 6.10 Å². The lowest BCUT2D eigenvalue weighted by atomic mass is 10.2. The summed E-state index contributed by atoms with van der Waals surface area (Å²) in [7, 11) is 0. The Morgan fingerprint density at radius 3 is 3.00 bits per heavy atom. The molecule has 1 saturated heterocycles. The third kappa shape index (κ3) is 3.36. The van der Waals surface area contributed by atoms with Gasteiger partial charge in [0.15, 0.2) is 5.79 Å². The van der Waals surface area contributed by atoms with Gasteiger partial charge < -0.3 is 29.9 Å². The summed E-state index contributed by atoms with van der Waals surface area (Å²) in [5.41, 5.74) is 2.54. The molecule has 1 unspecified atom stereocenters. The standard InChI is InChI=1S/C16H22N4O3/c1-16(2)22-10-12(23-16)8-18-15-19-13-7-11(9-21)3-4-14(13)20(15)6-5-17/h3-5,7,12,17,21H,6,8-10H2,1-2H3,(H,18,19). The maximum atomic E-state index is 9.26. The Morgan fingerprint density at radius 2 is 2.35 bits per heavy atom. The zero-order valence-electron chi connectivity index (χ0n) is 13.4. The number of rotatable bonds is 6. The molecule has 3 N–H and O–H groups in total. The SMILES string of the molecule is CC1(C)OCC(CNc2nc3cc(CO)ccc3n2CC=N)O1. The smallest absolute Gasteiger partial charge is 0.204 e. The summed E-state index contributed by atoms with van der Waals surface area (Å²) in [5, 5.41) is 19.9. The van der Waals surface area contributed by atoms with Crippen molar-refractivity contribution >= 4 is 23.2 Å². The van der Waals surface area contributed by atoms with Gasteiger partial charge in [-0.1, -0.05) is 6.07 Å². The van der Waals surface area contributed by atoms with Crippen LogP contribution < -0.4 is 5.32 Å². The van der Waals surface area contributed by atoms with Gasteiger partial charge in [-0.2, -0.15) is 0 Å². The molecule has 1 fully saturated rings. The molecule has 23 heavy (non-hydrogen) atoms. The molecule has 1 aliphatic rings. The van der Waals surface area contributed by atoms with Crippen molar-refractivity contribution in [2.75, 3.05) is 18.5 Å². The molecule has 1 aliphatic heterocycles. The van der Waals surface area contributed by atoms with Gasteiger partial charge in [0, 0.05) is 12.8 Å². The normalized spacial score (nSPS) is 20.0. The number of hydrogen-bond acceptors (Lipinski definition) is 6. The fourth-order valence-corrected chi connectivity index (χ4v) is 2.75. The number of ether oxygens (including phenoxy) is 2. The van der Waals surface area contributed by atoms with Crippen LogP contribution >= 0.6 is 0 Å². The second-order valence-electron chi connectivity index (χ2n) is 6.06. The molecule has 7 nitrogen and oxygen atoms in total. The monoisotopic (exact) mass is 318 g/mol. The summed E-state index contributed by atoms with van der Waals surface area (Å²) in [4.78, 5) is 4.58. The van der Waals surface area contributed by atoms with Gasteiger partial charge in [-0.3, -0.25) is 0 Å². The Bertz CT molecular complexity index is 711. The molecule has 1 aromatic carbocycles. The summed E-state index contributed by atoms with van der Waals surface area (Å²) in [6.07, 6.45) is 1.30. The van der Waals surface area contributed by atoms with E-state index in [1.165, 1.54) is 6.21 Å². The van der Waals surface area contributed by atoms with Crippen LogP contribution in [0.2, 0.25) is 0 Å². The van der Waals surface area contributed by atoms with Gasteiger partial charge in [-0.05, 0) is 31.5 Å². The van der Waals surface area contributed by atoms with Crippen LogP contribution in [0, 0.1) is 5.41 Å². The molecule has 1 atom stereocenters. The first kappa shape index (κ1) is 15.9. The molecule has 1 aromatic heterocycles. The Labute approximate surface area is 134 Å². The number of anilines is 1. The molecule has 0 saturated carbocycles. The second-order valence-corrected chi connectivity index (χ2v) is 6.06. The zero-order valence-corrected chi connectivity index (χ0v) is 13.4. The lowest BCUT2D eigenvalue weighted by Gasteiger charge is -2.17. The predicted molar refractivity (Wildman–Crippen MR) is 87.8 cm³/mol. The maximum absolute atomic E-state index is 9.26. The van der Waals surface area contributed by atoms with E-state index in [2.05, 4.69) is 10.3 Å². The van der Waals surface area contributed by atoms with Crippen molar-refractivity contribution in [1.82, 2.24) is 9.55 Å². The van der Waals surface area contributed by atoms with Crippen LogP contribution in [0.1, 0.15) is 19.4 Å². The number of aromatic nitrogens is 2. The topological polar surface area (TPSA) is 92.4 Å². The summed E-state index contributed by atoms with van der Waals surface area (Å²) < 4.78 is 13.3. The zero-order chi connectivity index (χ0) is 16.4. The Morgan fingerprint density at radius 1 is 1.52 bits per heavy atom. The minimum atomic E-state index is -0.544. The third-order valence-electron chi connectivity index (χ3n) is 3.82. The van der Waals surface area contributed by atoms with Gasteiger partial charge in [0.2, 0.25) is 5.95 Å². The van der Waals surface area contributed by atoms with E-state index in [1.807, 2.05) is 36.6 Å². The van der Waals surface area contributed by atoms with Crippen molar-refractivity contribution in [2.24, 2.45) is 0 Å². The van der Waals surface area contributed by atoms with E-state index >= 15 is 0 Å². The van der Waals surface area contributed by atoms with Gasteiger partial charge in [0.25, 0.3) is 0 Å². The van der Waals surface area contributed by atoms with Crippen molar-refractivity contribution in [1.29, 1.82) is 5.41 Å². The number of fused-ring (bicyclic) bond motifs is 1. The van der Waals surface area contributed by atoms with Crippen LogP contribution in [-0.4, -0.2) is 45.9 Å². The molecule has 3 rings (SSSR count). The van der Waals surface area contributed by atoms with Gasteiger partial charge in [0.05, 0.1) is 30.8 Å². The predicted octanol–water partition coefficient (Wildman–Crippen LogP) is 1.74. The van der Waals surface area contributed by atoms with E-state index in [1.54, 1.807) is 0 Å². The molecule has 0 amide bonds. The van der Waals surface area contributed by atoms with E-state index in [0.717, 1.165) is 16.6 Å². The number of imidazole rings is 1. The first-order chi connectivity index (χ1) is 11.0.